The van der Waals surface area contributed by atoms with Gasteiger partial charge in [0.25, 0.3) is 0 Å². The fourth-order valence-corrected chi connectivity index (χ4v) is 2.59. The first-order chi connectivity index (χ1) is 6.92. The highest BCUT2D eigenvalue weighted by atomic mass is 32.2. The van der Waals surface area contributed by atoms with E-state index in [1.165, 1.54) is 13.8 Å². The molecule has 0 amide bonds. The van der Waals surface area contributed by atoms with Crippen molar-refractivity contribution in [2.45, 2.75) is 31.1 Å². The van der Waals surface area contributed by atoms with Gasteiger partial charge in [-0.05, 0) is 20.3 Å². The van der Waals surface area contributed by atoms with E-state index in [-0.39, 0.29) is 12.2 Å². The highest BCUT2D eigenvalue weighted by molar-refractivity contribution is 7.92. The molecule has 0 aromatic heterocycles. The van der Waals surface area contributed by atoms with E-state index in [4.69, 9.17) is 5.84 Å². The average Bonchev–Trinajstić information content (AvgIpc) is 2.00. The lowest BCUT2D eigenvalue weighted by Crippen LogP contribution is -2.54. The van der Waals surface area contributed by atoms with E-state index in [2.05, 4.69) is 5.43 Å². The van der Waals surface area contributed by atoms with E-state index in [1.807, 2.05) is 0 Å². The summed E-state index contributed by atoms with van der Waals surface area (Å²) in [5.41, 5.74) is 2.38. The van der Waals surface area contributed by atoms with Gasteiger partial charge in [0.1, 0.15) is 9.84 Å². The van der Waals surface area contributed by atoms with E-state index in [0.29, 0.717) is 0 Å². The van der Waals surface area contributed by atoms with Crippen molar-refractivity contribution >= 4 is 19.7 Å². The molecule has 1 unspecified atom stereocenters. The van der Waals surface area contributed by atoms with Crippen LogP contribution in [0.3, 0.4) is 0 Å². The van der Waals surface area contributed by atoms with Crippen molar-refractivity contribution in [1.82, 2.24) is 5.43 Å². The molecule has 98 valence electrons. The molecule has 0 radical (unpaired) electrons. The van der Waals surface area contributed by atoms with Crippen molar-refractivity contribution in [2.75, 3.05) is 18.3 Å². The Bertz CT molecular complexity index is 425. The highest BCUT2D eigenvalue weighted by Crippen LogP contribution is 2.22. The van der Waals surface area contributed by atoms with Crippen LogP contribution in [0.15, 0.2) is 0 Å². The molecule has 0 aliphatic carbocycles. The SMILES string of the molecule is CC(C)(C(CCS(C)(=O)=O)NN)S(C)(=O)=O. The number of rotatable bonds is 6. The standard InChI is InChI=1S/C8H20N2O4S2/c1-8(2,16(4,13)14)7(10-9)5-6-15(3,11)12/h7,10H,5-6,9H2,1-4H3. The molecule has 0 fully saturated rings. The minimum atomic E-state index is -3.32. The third kappa shape index (κ3) is 4.36. The first-order valence-electron chi connectivity index (χ1n) is 4.75. The molecule has 0 aliphatic rings. The van der Waals surface area contributed by atoms with Gasteiger partial charge < -0.3 is 0 Å². The lowest BCUT2D eigenvalue weighted by atomic mass is 10.0. The molecule has 6 nitrogen and oxygen atoms in total. The van der Waals surface area contributed by atoms with Crippen LogP contribution in [0.4, 0.5) is 0 Å². The van der Waals surface area contributed by atoms with Crippen molar-refractivity contribution < 1.29 is 16.8 Å². The first-order valence-corrected chi connectivity index (χ1v) is 8.70. The van der Waals surface area contributed by atoms with Gasteiger partial charge in [-0.1, -0.05) is 0 Å². The smallest absolute Gasteiger partial charge is 0.154 e. The zero-order valence-electron chi connectivity index (χ0n) is 10.0. The van der Waals surface area contributed by atoms with Gasteiger partial charge in [0.2, 0.25) is 0 Å². The van der Waals surface area contributed by atoms with Crippen molar-refractivity contribution in [3.05, 3.63) is 0 Å². The molecule has 0 saturated heterocycles. The number of sulfone groups is 2. The molecule has 0 aromatic carbocycles. The summed E-state index contributed by atoms with van der Waals surface area (Å²) in [6.07, 6.45) is 2.38. The maximum absolute atomic E-state index is 11.5. The van der Waals surface area contributed by atoms with Crippen molar-refractivity contribution in [3.8, 4) is 0 Å². The number of hydrogen-bond donors (Lipinski definition) is 2. The third-order valence-corrected chi connectivity index (χ3v) is 5.95. The summed E-state index contributed by atoms with van der Waals surface area (Å²) in [7, 11) is -6.44. The number of nitrogens with one attached hydrogen (secondary N) is 1. The quantitative estimate of drug-likeness (QED) is 0.478. The summed E-state index contributed by atoms with van der Waals surface area (Å²) in [4.78, 5) is 0. The van der Waals surface area contributed by atoms with Gasteiger partial charge in [-0.25, -0.2) is 16.8 Å². The van der Waals surface area contributed by atoms with Crippen molar-refractivity contribution in [3.63, 3.8) is 0 Å². The van der Waals surface area contributed by atoms with Crippen LogP contribution in [0, 0.1) is 0 Å². The second-order valence-electron chi connectivity index (χ2n) is 4.51. The van der Waals surface area contributed by atoms with Gasteiger partial charge in [-0.2, -0.15) is 0 Å². The lowest BCUT2D eigenvalue weighted by Gasteiger charge is -2.31. The van der Waals surface area contributed by atoms with E-state index < -0.39 is 30.5 Å². The minimum Gasteiger partial charge on any atom is -0.271 e. The zero-order valence-corrected chi connectivity index (χ0v) is 11.7. The zero-order chi connectivity index (χ0) is 13.2. The summed E-state index contributed by atoms with van der Waals surface area (Å²) in [6, 6.07) is -0.600. The van der Waals surface area contributed by atoms with Crippen LogP contribution in [0.1, 0.15) is 20.3 Å². The molecule has 1 atom stereocenters. The summed E-state index contributed by atoms with van der Waals surface area (Å²) in [5.74, 6) is 5.18. The molecule has 0 heterocycles. The summed E-state index contributed by atoms with van der Waals surface area (Å²) in [5, 5.41) is 0. The molecular formula is C8H20N2O4S2. The van der Waals surface area contributed by atoms with Gasteiger partial charge in [0.05, 0.1) is 10.5 Å². The molecule has 0 rings (SSSR count). The van der Waals surface area contributed by atoms with E-state index in [9.17, 15) is 16.8 Å². The largest absolute Gasteiger partial charge is 0.271 e. The summed E-state index contributed by atoms with van der Waals surface area (Å²) >= 11 is 0. The maximum atomic E-state index is 11.5. The van der Waals surface area contributed by atoms with E-state index in [1.54, 1.807) is 0 Å². The number of nitrogens with two attached hydrogens (primary N) is 1. The van der Waals surface area contributed by atoms with E-state index >= 15 is 0 Å². The van der Waals surface area contributed by atoms with Crippen LogP contribution in [0.5, 0.6) is 0 Å². The molecule has 0 spiro atoms. The summed E-state index contributed by atoms with van der Waals surface area (Å²) < 4.78 is 44.0. The van der Waals surface area contributed by atoms with E-state index in [0.717, 1.165) is 12.5 Å². The Morgan fingerprint density at radius 2 is 1.62 bits per heavy atom. The Morgan fingerprint density at radius 3 is 1.88 bits per heavy atom. The van der Waals surface area contributed by atoms with Crippen molar-refractivity contribution in [2.24, 2.45) is 5.84 Å². The summed E-state index contributed by atoms with van der Waals surface area (Å²) in [6.45, 7) is 3.05. The van der Waals surface area contributed by atoms with Gasteiger partial charge >= 0.3 is 0 Å². The van der Waals surface area contributed by atoms with Crippen molar-refractivity contribution in [1.29, 1.82) is 0 Å². The Kier molecular flexibility index (Phi) is 4.93. The third-order valence-electron chi connectivity index (χ3n) is 2.77. The monoisotopic (exact) mass is 272 g/mol. The fourth-order valence-electron chi connectivity index (χ4n) is 1.22. The molecule has 0 bridgehead atoms. The molecule has 0 aromatic rings. The minimum absolute atomic E-state index is 0.0964. The second kappa shape index (κ2) is 4.99. The number of hydrazine groups is 1. The van der Waals surface area contributed by atoms with Crippen LogP contribution in [-0.4, -0.2) is 45.9 Å². The van der Waals surface area contributed by atoms with Crippen LogP contribution in [0.25, 0.3) is 0 Å². The molecule has 3 N–H and O–H groups in total. The van der Waals surface area contributed by atoms with Crippen LogP contribution < -0.4 is 11.3 Å². The predicted molar refractivity (Wildman–Crippen MR) is 64.4 cm³/mol. The molecular weight excluding hydrogens is 252 g/mol. The Balaban J connectivity index is 4.89. The normalized spacial score (nSPS) is 16.1. The Labute approximate surface area is 97.4 Å². The fraction of sp³-hybridized carbons (Fsp3) is 1.00. The molecule has 0 saturated carbocycles. The second-order valence-corrected chi connectivity index (χ2v) is 9.37. The van der Waals surface area contributed by atoms with Crippen LogP contribution >= 0.6 is 0 Å². The first kappa shape index (κ1) is 15.8. The van der Waals surface area contributed by atoms with Crippen LogP contribution in [-0.2, 0) is 19.7 Å². The highest BCUT2D eigenvalue weighted by Gasteiger charge is 2.38. The van der Waals surface area contributed by atoms with Gasteiger partial charge in [-0.3, -0.25) is 11.3 Å². The van der Waals surface area contributed by atoms with Gasteiger partial charge in [0, 0.05) is 18.6 Å². The topological polar surface area (TPSA) is 106 Å². The Morgan fingerprint density at radius 1 is 1.19 bits per heavy atom. The maximum Gasteiger partial charge on any atom is 0.154 e. The number of hydrogen-bond acceptors (Lipinski definition) is 6. The average molecular weight is 272 g/mol. The lowest BCUT2D eigenvalue weighted by molar-refractivity contribution is 0.405. The predicted octanol–water partition coefficient (Wildman–Crippen LogP) is -0.924. The molecule has 8 heteroatoms. The molecule has 0 aliphatic heterocycles. The molecule has 16 heavy (non-hydrogen) atoms. The van der Waals surface area contributed by atoms with Crippen LogP contribution in [0.2, 0.25) is 0 Å². The van der Waals surface area contributed by atoms with Gasteiger partial charge in [-0.15, -0.1) is 0 Å². The Hall–Kier alpha value is -0.180. The van der Waals surface area contributed by atoms with Gasteiger partial charge in [0.15, 0.2) is 9.84 Å².